The van der Waals surface area contributed by atoms with Gasteiger partial charge in [0.15, 0.2) is 12.4 Å². The highest BCUT2D eigenvalue weighted by atomic mass is 16.6. The maximum absolute atomic E-state index is 14.0. The molecule has 4 rings (SSSR count). The van der Waals surface area contributed by atoms with Gasteiger partial charge in [-0.3, -0.25) is 14.4 Å². The Balaban J connectivity index is 1.56. The molecule has 0 aliphatic heterocycles. The van der Waals surface area contributed by atoms with Crippen LogP contribution in [0.3, 0.4) is 0 Å². The van der Waals surface area contributed by atoms with Gasteiger partial charge in [-0.25, -0.2) is 4.79 Å². The maximum Gasteiger partial charge on any atom is 0.407 e. The van der Waals surface area contributed by atoms with Crippen LogP contribution in [-0.4, -0.2) is 64.2 Å². The molecule has 1 aliphatic carbocycles. The lowest BCUT2D eigenvalue weighted by molar-refractivity contribution is -0.136. The Kier molecular flexibility index (Phi) is 11.9. The van der Waals surface area contributed by atoms with E-state index in [-0.39, 0.29) is 25.4 Å². The van der Waals surface area contributed by atoms with Crippen LogP contribution >= 0.6 is 0 Å². The number of fused-ring (bicyclic) bond motifs is 1. The predicted molar refractivity (Wildman–Crippen MR) is 176 cm³/mol. The van der Waals surface area contributed by atoms with Crippen molar-refractivity contribution < 1.29 is 38.9 Å². The van der Waals surface area contributed by atoms with Crippen LogP contribution in [0, 0.1) is 5.92 Å². The van der Waals surface area contributed by atoms with Crippen molar-refractivity contribution in [3.05, 3.63) is 101 Å². The molecule has 3 aromatic carbocycles. The summed E-state index contributed by atoms with van der Waals surface area (Å²) in [6, 6.07) is 22.4. The molecule has 0 bridgehead atoms. The molecule has 5 unspecified atom stereocenters. The molecule has 4 N–H and O–H groups in total. The zero-order chi connectivity index (χ0) is 34.1. The number of aliphatic hydroxyl groups excluding tert-OH is 2. The zero-order valence-electron chi connectivity index (χ0n) is 27.3. The number of aliphatic hydroxyl groups is 2. The number of benzene rings is 3. The van der Waals surface area contributed by atoms with Gasteiger partial charge in [-0.1, -0.05) is 66.7 Å². The van der Waals surface area contributed by atoms with E-state index >= 15 is 0 Å². The smallest absolute Gasteiger partial charge is 0.407 e. The van der Waals surface area contributed by atoms with E-state index in [1.54, 1.807) is 45.0 Å². The highest BCUT2D eigenvalue weighted by molar-refractivity contribution is 6.36. The third-order valence-corrected chi connectivity index (χ3v) is 8.03. The van der Waals surface area contributed by atoms with Crippen molar-refractivity contribution in [2.24, 2.45) is 5.92 Å². The van der Waals surface area contributed by atoms with E-state index in [1.807, 2.05) is 54.6 Å². The largest absolute Gasteiger partial charge is 0.485 e. The molecule has 47 heavy (non-hydrogen) atoms. The van der Waals surface area contributed by atoms with E-state index in [9.17, 15) is 29.4 Å². The number of carbonyl (C=O) groups is 4. The fraction of sp³-hybridized carbons (Fsp3) is 0.405. The average Bonchev–Trinajstić information content (AvgIpc) is 3.33. The van der Waals surface area contributed by atoms with Gasteiger partial charge in [0.05, 0.1) is 24.3 Å². The molecule has 10 nitrogen and oxygen atoms in total. The summed E-state index contributed by atoms with van der Waals surface area (Å²) in [6.07, 6.45) is -1.67. The lowest BCUT2D eigenvalue weighted by Gasteiger charge is -2.29. The normalized spacial score (nSPS) is 17.5. The van der Waals surface area contributed by atoms with Crippen LogP contribution in [0.15, 0.2) is 78.9 Å². The highest BCUT2D eigenvalue weighted by Gasteiger charge is 2.35. The van der Waals surface area contributed by atoms with Crippen LogP contribution in [0.1, 0.15) is 62.4 Å². The lowest BCUT2D eigenvalue weighted by Crippen LogP contribution is -2.48. The molecule has 0 spiro atoms. The number of ketones is 2. The summed E-state index contributed by atoms with van der Waals surface area (Å²) in [4.78, 5) is 49.7. The fourth-order valence-electron chi connectivity index (χ4n) is 5.62. The topological polar surface area (TPSA) is 151 Å². The number of nitrogens with one attached hydrogen (secondary N) is 2. The van der Waals surface area contributed by atoms with E-state index in [1.165, 1.54) is 6.92 Å². The van der Waals surface area contributed by atoms with Gasteiger partial charge in [0.2, 0.25) is 11.7 Å². The van der Waals surface area contributed by atoms with Gasteiger partial charge >= 0.3 is 6.09 Å². The van der Waals surface area contributed by atoms with E-state index < -0.39 is 53.5 Å². The molecule has 0 fully saturated rings. The summed E-state index contributed by atoms with van der Waals surface area (Å²) in [5.41, 5.74) is 2.71. The fourth-order valence-corrected chi connectivity index (χ4v) is 5.62. The molecule has 250 valence electrons. The molecule has 0 heterocycles. The van der Waals surface area contributed by atoms with Crippen LogP contribution in [0.4, 0.5) is 4.79 Å². The van der Waals surface area contributed by atoms with Crippen LogP contribution in [-0.2, 0) is 38.4 Å². The van der Waals surface area contributed by atoms with Gasteiger partial charge in [0, 0.05) is 19.3 Å². The second-order valence-corrected chi connectivity index (χ2v) is 13.0. The van der Waals surface area contributed by atoms with Gasteiger partial charge in [-0.15, -0.1) is 0 Å². The standard InChI is InChI=1S/C37H44N2O8/c1-23(40)33(43)22-46-28-16-14-25(15-17-28)18-27(35(44)39-34-29-13-9-8-12-26(29)20-32(34)42)21-31(41)30(19-24-10-6-5-7-11-24)38-36(45)47-37(2,3)4/h5-17,27,30-32,34,41-42H,18-22H2,1-4H3,(H,38,45)(H,39,44). The third-order valence-electron chi connectivity index (χ3n) is 8.03. The summed E-state index contributed by atoms with van der Waals surface area (Å²) >= 11 is 0. The summed E-state index contributed by atoms with van der Waals surface area (Å²) in [5.74, 6) is -1.95. The maximum atomic E-state index is 14.0. The molecular weight excluding hydrogens is 600 g/mol. The highest BCUT2D eigenvalue weighted by Crippen LogP contribution is 2.32. The number of carbonyl (C=O) groups excluding carboxylic acids is 4. The van der Waals surface area contributed by atoms with Crippen molar-refractivity contribution in [2.75, 3.05) is 6.61 Å². The van der Waals surface area contributed by atoms with Gasteiger partial charge in [0.25, 0.3) is 0 Å². The van der Waals surface area contributed by atoms with Gasteiger partial charge in [-0.2, -0.15) is 0 Å². The van der Waals surface area contributed by atoms with E-state index in [0.717, 1.165) is 22.3 Å². The molecule has 1 aliphatic rings. The first-order valence-electron chi connectivity index (χ1n) is 15.8. The number of hydrogen-bond acceptors (Lipinski definition) is 8. The zero-order valence-corrected chi connectivity index (χ0v) is 27.3. The third kappa shape index (κ3) is 10.5. The summed E-state index contributed by atoms with van der Waals surface area (Å²) in [7, 11) is 0. The minimum absolute atomic E-state index is 0.00500. The lowest BCUT2D eigenvalue weighted by atomic mass is 9.88. The minimum atomic E-state index is -1.14. The number of hydrogen-bond donors (Lipinski definition) is 4. The SMILES string of the molecule is CC(=O)C(=O)COc1ccc(CC(CC(O)C(Cc2ccccc2)NC(=O)OC(C)(C)C)C(=O)NC2c3ccccc3CC2O)cc1. The second kappa shape index (κ2) is 15.8. The Hall–Kier alpha value is -4.54. The molecule has 0 aromatic heterocycles. The van der Waals surface area contributed by atoms with Crippen LogP contribution in [0.5, 0.6) is 5.75 Å². The number of alkyl carbamates (subject to hydrolysis) is 1. The minimum Gasteiger partial charge on any atom is -0.485 e. The first-order valence-corrected chi connectivity index (χ1v) is 15.8. The van der Waals surface area contributed by atoms with Gasteiger partial charge in [0.1, 0.15) is 11.4 Å². The molecule has 0 radical (unpaired) electrons. The van der Waals surface area contributed by atoms with Crippen molar-refractivity contribution >= 4 is 23.6 Å². The molecule has 10 heteroatoms. The van der Waals surface area contributed by atoms with Crippen LogP contribution in [0.25, 0.3) is 0 Å². The summed E-state index contributed by atoms with van der Waals surface area (Å²) < 4.78 is 10.9. The number of amides is 2. The van der Waals surface area contributed by atoms with Gasteiger partial charge in [-0.05, 0) is 74.4 Å². The van der Waals surface area contributed by atoms with E-state index in [4.69, 9.17) is 9.47 Å². The molecule has 0 saturated heterocycles. The molecule has 5 atom stereocenters. The second-order valence-electron chi connectivity index (χ2n) is 13.0. The first-order chi connectivity index (χ1) is 22.3. The average molecular weight is 645 g/mol. The Morgan fingerprint density at radius 1 is 0.894 bits per heavy atom. The van der Waals surface area contributed by atoms with Crippen molar-refractivity contribution in [2.45, 2.75) is 83.3 Å². The Morgan fingerprint density at radius 2 is 1.53 bits per heavy atom. The van der Waals surface area contributed by atoms with Crippen LogP contribution < -0.4 is 15.4 Å². The molecule has 2 amide bonds. The van der Waals surface area contributed by atoms with Crippen molar-refractivity contribution in [3.8, 4) is 5.75 Å². The summed E-state index contributed by atoms with van der Waals surface area (Å²) in [5, 5.41) is 28.3. The van der Waals surface area contributed by atoms with E-state index in [2.05, 4.69) is 10.6 Å². The van der Waals surface area contributed by atoms with Crippen molar-refractivity contribution in [1.82, 2.24) is 10.6 Å². The molecule has 3 aromatic rings. The Morgan fingerprint density at radius 3 is 2.19 bits per heavy atom. The molecular formula is C37H44N2O8. The van der Waals surface area contributed by atoms with Crippen molar-refractivity contribution in [1.29, 1.82) is 0 Å². The van der Waals surface area contributed by atoms with Crippen LogP contribution in [0.2, 0.25) is 0 Å². The van der Waals surface area contributed by atoms with Gasteiger partial charge < -0.3 is 30.3 Å². The Labute approximate surface area is 275 Å². The summed E-state index contributed by atoms with van der Waals surface area (Å²) in [6.45, 7) is 6.07. The molecule has 0 saturated carbocycles. The number of ether oxygens (including phenoxy) is 2. The first kappa shape index (κ1) is 35.3. The van der Waals surface area contributed by atoms with E-state index in [0.29, 0.717) is 18.6 Å². The quantitative estimate of drug-likeness (QED) is 0.192. The van der Waals surface area contributed by atoms with Crippen molar-refractivity contribution in [3.63, 3.8) is 0 Å². The predicted octanol–water partition coefficient (Wildman–Crippen LogP) is 4.04. The number of Topliss-reactive ketones (excluding diaryl/α,β-unsaturated/α-hetero) is 2. The Bertz CT molecular complexity index is 1530. The monoisotopic (exact) mass is 644 g/mol. The number of rotatable bonds is 14.